The van der Waals surface area contributed by atoms with Crippen LogP contribution in [0, 0.1) is 0 Å². The molecular weight excluding hydrogens is 419 g/mol. The van der Waals surface area contributed by atoms with Gasteiger partial charge in [-0.05, 0) is 6.42 Å². The minimum absolute atomic E-state index is 0. The summed E-state index contributed by atoms with van der Waals surface area (Å²) in [4.78, 5) is 15.7. The molecule has 5 heterocycles. The van der Waals surface area contributed by atoms with Crippen LogP contribution in [0.15, 0.2) is 10.6 Å². The number of aromatic nitrogens is 2. The maximum atomic E-state index is 12.2. The molecule has 3 atom stereocenters. The van der Waals surface area contributed by atoms with Crippen molar-refractivity contribution in [1.82, 2.24) is 30.4 Å². The molecule has 3 fully saturated rings. The fraction of sp³-hybridized carbons (Fsp3) is 0.643. The molecule has 13 nitrogen and oxygen atoms in total. The third kappa shape index (κ3) is 3.85. The van der Waals surface area contributed by atoms with Gasteiger partial charge in [-0.1, -0.05) is 0 Å². The van der Waals surface area contributed by atoms with E-state index in [9.17, 15) is 17.8 Å². The van der Waals surface area contributed by atoms with Crippen LogP contribution in [0.1, 0.15) is 24.1 Å². The summed E-state index contributed by atoms with van der Waals surface area (Å²) in [5, 5.41) is 12.0. The number of hydrogen-bond acceptors (Lipinski definition) is 11. The summed E-state index contributed by atoms with van der Waals surface area (Å²) in [5.74, 6) is 0.105. The van der Waals surface area contributed by atoms with Gasteiger partial charge in [-0.25, -0.2) is 13.2 Å². The molecule has 1 unspecified atom stereocenters. The molecule has 4 aliphatic heterocycles. The zero-order valence-corrected chi connectivity index (χ0v) is 18.4. The first-order valence-corrected chi connectivity index (χ1v) is 10.1. The van der Waals surface area contributed by atoms with Crippen molar-refractivity contribution < 1.29 is 60.8 Å². The van der Waals surface area contributed by atoms with Gasteiger partial charge in [0.2, 0.25) is 16.3 Å². The van der Waals surface area contributed by atoms with E-state index in [-0.39, 0.29) is 48.2 Å². The molecule has 152 valence electrons. The first-order chi connectivity index (χ1) is 13.4. The molecule has 4 aliphatic rings. The number of carbonyl (C=O) groups excluding carboxylic acids is 1. The standard InChI is InChI=1S/C14H18N6O7S.Na/c21-14-19-2-1-8(10(6-19)20(14)27-28(22,23)24)12-16-17-13(26-12)9-5-18-3-4-25-7-11(18)15-9;/h5,8,10-11,15H,1-4,6-7H2,(H,22,23,24);/q;+1/p-1/t8-,10+,11?;/m1./s1. The molecule has 0 radical (unpaired) electrons. The van der Waals surface area contributed by atoms with Crippen molar-refractivity contribution in [3.05, 3.63) is 18.0 Å². The Balaban J connectivity index is 0.00000205. The number of fused-ring (bicyclic) bond motifs is 3. The fourth-order valence-electron chi connectivity index (χ4n) is 3.99. The van der Waals surface area contributed by atoms with Crippen LogP contribution < -0.4 is 34.9 Å². The van der Waals surface area contributed by atoms with Crippen molar-refractivity contribution in [2.45, 2.75) is 24.5 Å². The molecule has 1 aromatic rings. The molecule has 2 amide bonds. The van der Waals surface area contributed by atoms with Gasteiger partial charge >= 0.3 is 35.6 Å². The molecule has 29 heavy (non-hydrogen) atoms. The summed E-state index contributed by atoms with van der Waals surface area (Å²) in [6, 6.07) is -1.37. The smallest absolute Gasteiger partial charge is 0.724 e. The summed E-state index contributed by atoms with van der Waals surface area (Å²) >= 11 is 0. The van der Waals surface area contributed by atoms with Gasteiger partial charge in [0.1, 0.15) is 11.9 Å². The Bertz CT molecular complexity index is 939. The van der Waals surface area contributed by atoms with Crippen molar-refractivity contribution in [1.29, 1.82) is 0 Å². The zero-order chi connectivity index (χ0) is 19.5. The van der Waals surface area contributed by atoms with E-state index in [1.54, 1.807) is 0 Å². The summed E-state index contributed by atoms with van der Waals surface area (Å²) in [5.41, 5.74) is 0.671. The van der Waals surface area contributed by atoms with E-state index in [4.69, 9.17) is 9.15 Å². The summed E-state index contributed by atoms with van der Waals surface area (Å²) < 4.78 is 48.6. The Labute approximate surface area is 188 Å². The SMILES string of the molecule is O=C1N2CC[C@@H](c3nnc(C4=CN5CCOCC5N4)o3)[C@H](C2)N1OS(=O)(=O)[O-].[Na+]. The number of piperidine rings is 1. The number of ether oxygens (including phenoxy) is 1. The van der Waals surface area contributed by atoms with E-state index in [1.165, 1.54) is 4.90 Å². The molecule has 0 aromatic carbocycles. The molecular formula is C14H17N6NaO7S. The van der Waals surface area contributed by atoms with Crippen LogP contribution in [0.25, 0.3) is 5.70 Å². The number of morpholine rings is 1. The van der Waals surface area contributed by atoms with Crippen molar-refractivity contribution >= 4 is 22.1 Å². The minimum atomic E-state index is -5.08. The summed E-state index contributed by atoms with van der Waals surface area (Å²) in [6.45, 7) is 2.51. The second-order valence-electron chi connectivity index (χ2n) is 6.96. The third-order valence-corrected chi connectivity index (χ3v) is 5.63. The van der Waals surface area contributed by atoms with E-state index in [0.29, 0.717) is 42.8 Å². The van der Waals surface area contributed by atoms with Crippen LogP contribution in [0.3, 0.4) is 0 Å². The predicted octanol–water partition coefficient (Wildman–Crippen LogP) is -4.38. The largest absolute Gasteiger partial charge is 1.00 e. The average Bonchev–Trinajstić information content (AvgIpc) is 3.35. The first-order valence-electron chi connectivity index (χ1n) is 8.78. The van der Waals surface area contributed by atoms with E-state index < -0.39 is 28.4 Å². The Morgan fingerprint density at radius 2 is 2.14 bits per heavy atom. The van der Waals surface area contributed by atoms with Crippen LogP contribution in [0.5, 0.6) is 0 Å². The van der Waals surface area contributed by atoms with Crippen LogP contribution in [-0.2, 0) is 19.4 Å². The van der Waals surface area contributed by atoms with Crippen molar-refractivity contribution in [2.75, 3.05) is 32.8 Å². The quantitative estimate of drug-likeness (QED) is 0.277. The minimum Gasteiger partial charge on any atom is -0.724 e. The molecule has 1 N–H and O–H groups in total. The van der Waals surface area contributed by atoms with Gasteiger partial charge in [0.15, 0.2) is 0 Å². The molecule has 1 aromatic heterocycles. The van der Waals surface area contributed by atoms with Crippen molar-refractivity contribution in [3.63, 3.8) is 0 Å². The van der Waals surface area contributed by atoms with E-state index >= 15 is 0 Å². The van der Waals surface area contributed by atoms with Gasteiger partial charge in [0, 0.05) is 25.8 Å². The van der Waals surface area contributed by atoms with Gasteiger partial charge < -0.3 is 28.8 Å². The predicted molar refractivity (Wildman–Crippen MR) is 87.5 cm³/mol. The Hall–Kier alpha value is -1.42. The average molecular weight is 436 g/mol. The topological polar surface area (TPSA) is 153 Å². The maximum absolute atomic E-state index is 12.2. The molecule has 0 saturated carbocycles. The summed E-state index contributed by atoms with van der Waals surface area (Å²) in [7, 11) is -5.08. The molecule has 15 heteroatoms. The maximum Gasteiger partial charge on any atom is 1.00 e. The Kier molecular flexibility index (Phi) is 5.52. The Morgan fingerprint density at radius 1 is 1.31 bits per heavy atom. The number of hydrogen-bond donors (Lipinski definition) is 1. The fourth-order valence-corrected chi connectivity index (χ4v) is 4.36. The Morgan fingerprint density at radius 3 is 2.90 bits per heavy atom. The van der Waals surface area contributed by atoms with E-state index in [2.05, 4.69) is 24.7 Å². The number of nitrogens with zero attached hydrogens (tertiary/aromatic N) is 5. The van der Waals surface area contributed by atoms with Crippen LogP contribution in [0.4, 0.5) is 4.79 Å². The molecule has 3 saturated heterocycles. The van der Waals surface area contributed by atoms with E-state index in [0.717, 1.165) is 6.54 Å². The first kappa shape index (κ1) is 20.8. The summed E-state index contributed by atoms with van der Waals surface area (Å²) in [6.07, 6.45) is 2.39. The van der Waals surface area contributed by atoms with Gasteiger partial charge in [0.05, 0.1) is 25.2 Å². The van der Waals surface area contributed by atoms with Crippen LogP contribution in [-0.4, -0.2) is 89.1 Å². The number of hydroxylamine groups is 2. The second-order valence-corrected chi connectivity index (χ2v) is 7.93. The molecule has 0 spiro atoms. The van der Waals surface area contributed by atoms with Gasteiger partial charge in [0.25, 0.3) is 5.89 Å². The van der Waals surface area contributed by atoms with Gasteiger partial charge in [-0.3, -0.25) is 0 Å². The van der Waals surface area contributed by atoms with Crippen molar-refractivity contribution in [2.24, 2.45) is 0 Å². The molecule has 0 aliphatic carbocycles. The number of rotatable bonds is 4. The number of urea groups is 1. The number of nitrogens with one attached hydrogen (secondary N) is 1. The van der Waals surface area contributed by atoms with Crippen molar-refractivity contribution in [3.8, 4) is 0 Å². The number of carbonyl (C=O) groups is 1. The normalized spacial score (nSPS) is 28.7. The van der Waals surface area contributed by atoms with Gasteiger partial charge in [-0.2, -0.15) is 9.35 Å². The third-order valence-electron chi connectivity index (χ3n) is 5.29. The number of amides is 2. The molecule has 5 rings (SSSR count). The molecule has 2 bridgehead atoms. The van der Waals surface area contributed by atoms with E-state index in [1.807, 2.05) is 6.20 Å². The van der Waals surface area contributed by atoms with Crippen LogP contribution >= 0.6 is 0 Å². The van der Waals surface area contributed by atoms with Crippen LogP contribution in [0.2, 0.25) is 0 Å². The van der Waals surface area contributed by atoms with Gasteiger partial charge in [-0.15, -0.1) is 10.2 Å². The monoisotopic (exact) mass is 436 g/mol. The second kappa shape index (κ2) is 7.68. The zero-order valence-electron chi connectivity index (χ0n) is 15.6.